The SMILES string of the molecule is CC(C)N(CCCO)Cc1ccccc1[N+](=O)[O-]. The number of rotatable bonds is 7. The molecule has 0 saturated heterocycles. The molecular weight excluding hydrogens is 232 g/mol. The maximum Gasteiger partial charge on any atom is 0.273 e. The lowest BCUT2D eigenvalue weighted by Gasteiger charge is -2.26. The van der Waals surface area contributed by atoms with E-state index in [4.69, 9.17) is 5.11 Å². The molecule has 100 valence electrons. The maximum atomic E-state index is 10.9. The van der Waals surface area contributed by atoms with E-state index in [0.29, 0.717) is 18.5 Å². The summed E-state index contributed by atoms with van der Waals surface area (Å²) in [6, 6.07) is 7.09. The summed E-state index contributed by atoms with van der Waals surface area (Å²) in [6.07, 6.45) is 0.679. The minimum absolute atomic E-state index is 0.139. The van der Waals surface area contributed by atoms with E-state index in [1.807, 2.05) is 19.9 Å². The quantitative estimate of drug-likeness (QED) is 0.596. The zero-order valence-corrected chi connectivity index (χ0v) is 10.9. The van der Waals surface area contributed by atoms with E-state index >= 15 is 0 Å². The van der Waals surface area contributed by atoms with Gasteiger partial charge in [0.05, 0.1) is 4.92 Å². The van der Waals surface area contributed by atoms with Gasteiger partial charge in [-0.25, -0.2) is 0 Å². The van der Waals surface area contributed by atoms with Crippen LogP contribution in [0.2, 0.25) is 0 Å². The number of aliphatic hydroxyl groups excluding tert-OH is 1. The first kappa shape index (κ1) is 14.6. The number of hydrogen-bond donors (Lipinski definition) is 1. The van der Waals surface area contributed by atoms with Gasteiger partial charge in [-0.15, -0.1) is 0 Å². The molecule has 0 radical (unpaired) electrons. The first-order chi connectivity index (χ1) is 8.56. The minimum atomic E-state index is -0.347. The summed E-state index contributed by atoms with van der Waals surface area (Å²) in [4.78, 5) is 12.7. The topological polar surface area (TPSA) is 66.6 Å². The summed E-state index contributed by atoms with van der Waals surface area (Å²) in [5.41, 5.74) is 0.876. The van der Waals surface area contributed by atoms with Crippen LogP contribution in [-0.4, -0.2) is 34.1 Å². The minimum Gasteiger partial charge on any atom is -0.396 e. The molecule has 5 heteroatoms. The molecule has 0 aliphatic carbocycles. The Morgan fingerprint density at radius 1 is 1.39 bits per heavy atom. The molecular formula is C13H20N2O3. The van der Waals surface area contributed by atoms with Gasteiger partial charge < -0.3 is 5.11 Å². The van der Waals surface area contributed by atoms with Gasteiger partial charge in [0.15, 0.2) is 0 Å². The van der Waals surface area contributed by atoms with Crippen molar-refractivity contribution < 1.29 is 10.0 Å². The molecule has 0 unspecified atom stereocenters. The highest BCUT2D eigenvalue weighted by atomic mass is 16.6. The zero-order chi connectivity index (χ0) is 13.5. The van der Waals surface area contributed by atoms with Crippen LogP contribution in [0, 0.1) is 10.1 Å². The molecule has 1 aromatic rings. The Bertz CT molecular complexity index is 394. The third-order valence-corrected chi connectivity index (χ3v) is 2.90. The number of aliphatic hydroxyl groups is 1. The van der Waals surface area contributed by atoms with Gasteiger partial charge in [0.25, 0.3) is 5.69 Å². The molecule has 0 heterocycles. The van der Waals surface area contributed by atoms with Gasteiger partial charge in [-0.2, -0.15) is 0 Å². The van der Waals surface area contributed by atoms with E-state index in [2.05, 4.69) is 4.90 Å². The summed E-state index contributed by atoms with van der Waals surface area (Å²) in [5.74, 6) is 0. The van der Waals surface area contributed by atoms with Crippen molar-refractivity contribution in [2.45, 2.75) is 32.9 Å². The van der Waals surface area contributed by atoms with E-state index in [9.17, 15) is 10.1 Å². The smallest absolute Gasteiger partial charge is 0.273 e. The number of nitrogens with zero attached hydrogens (tertiary/aromatic N) is 2. The van der Waals surface area contributed by atoms with Crippen LogP contribution in [0.1, 0.15) is 25.8 Å². The lowest BCUT2D eigenvalue weighted by Crippen LogP contribution is -2.32. The molecule has 1 rings (SSSR count). The van der Waals surface area contributed by atoms with E-state index in [1.54, 1.807) is 12.1 Å². The molecule has 1 aromatic carbocycles. The van der Waals surface area contributed by atoms with Gasteiger partial charge >= 0.3 is 0 Å². The summed E-state index contributed by atoms with van der Waals surface area (Å²) in [5, 5.41) is 19.8. The Labute approximate surface area is 107 Å². The molecule has 0 aliphatic rings. The van der Waals surface area contributed by atoms with Crippen LogP contribution in [0.5, 0.6) is 0 Å². The molecule has 5 nitrogen and oxygen atoms in total. The van der Waals surface area contributed by atoms with Gasteiger partial charge in [-0.3, -0.25) is 15.0 Å². The molecule has 0 atom stereocenters. The van der Waals surface area contributed by atoms with E-state index < -0.39 is 0 Å². The summed E-state index contributed by atoms with van der Waals surface area (Å²) in [7, 11) is 0. The van der Waals surface area contributed by atoms with Crippen LogP contribution >= 0.6 is 0 Å². The van der Waals surface area contributed by atoms with Crippen LogP contribution in [0.4, 0.5) is 5.69 Å². The number of nitro benzene ring substituents is 1. The zero-order valence-electron chi connectivity index (χ0n) is 10.9. The van der Waals surface area contributed by atoms with Crippen molar-refractivity contribution in [1.29, 1.82) is 0 Å². The highest BCUT2D eigenvalue weighted by Crippen LogP contribution is 2.20. The molecule has 0 aliphatic heterocycles. The van der Waals surface area contributed by atoms with Crippen molar-refractivity contribution in [2.24, 2.45) is 0 Å². The molecule has 0 spiro atoms. The average Bonchev–Trinajstić information content (AvgIpc) is 2.34. The summed E-state index contributed by atoms with van der Waals surface area (Å²) in [6.45, 7) is 5.51. The Hall–Kier alpha value is -1.46. The van der Waals surface area contributed by atoms with E-state index in [1.165, 1.54) is 6.07 Å². The highest BCUT2D eigenvalue weighted by Gasteiger charge is 2.17. The van der Waals surface area contributed by atoms with Gasteiger partial charge in [0.2, 0.25) is 0 Å². The molecule has 0 bridgehead atoms. The van der Waals surface area contributed by atoms with Crippen LogP contribution in [-0.2, 0) is 6.54 Å². The van der Waals surface area contributed by atoms with Crippen LogP contribution in [0.15, 0.2) is 24.3 Å². The van der Waals surface area contributed by atoms with Gasteiger partial charge in [-0.05, 0) is 20.3 Å². The Morgan fingerprint density at radius 3 is 2.61 bits per heavy atom. The number of hydrogen-bond acceptors (Lipinski definition) is 4. The second-order valence-corrected chi connectivity index (χ2v) is 4.53. The summed E-state index contributed by atoms with van der Waals surface area (Å²) >= 11 is 0. The number of para-hydroxylation sites is 1. The molecule has 0 fully saturated rings. The van der Waals surface area contributed by atoms with Crippen molar-refractivity contribution in [2.75, 3.05) is 13.2 Å². The van der Waals surface area contributed by atoms with Crippen molar-refractivity contribution >= 4 is 5.69 Å². The number of nitro groups is 1. The van der Waals surface area contributed by atoms with Crippen molar-refractivity contribution in [3.05, 3.63) is 39.9 Å². The largest absolute Gasteiger partial charge is 0.396 e. The van der Waals surface area contributed by atoms with E-state index in [0.717, 1.165) is 6.54 Å². The lowest BCUT2D eigenvalue weighted by atomic mass is 10.1. The fraction of sp³-hybridized carbons (Fsp3) is 0.538. The van der Waals surface area contributed by atoms with Crippen LogP contribution in [0.3, 0.4) is 0 Å². The fourth-order valence-electron chi connectivity index (χ4n) is 1.84. The molecule has 0 amide bonds. The average molecular weight is 252 g/mol. The van der Waals surface area contributed by atoms with Gasteiger partial charge in [0.1, 0.15) is 0 Å². The normalized spacial score (nSPS) is 11.2. The van der Waals surface area contributed by atoms with Gasteiger partial charge in [0, 0.05) is 37.4 Å². The number of benzene rings is 1. The van der Waals surface area contributed by atoms with Crippen molar-refractivity contribution in [3.8, 4) is 0 Å². The van der Waals surface area contributed by atoms with Crippen LogP contribution in [0.25, 0.3) is 0 Å². The van der Waals surface area contributed by atoms with Crippen molar-refractivity contribution in [1.82, 2.24) is 4.90 Å². The first-order valence-electron chi connectivity index (χ1n) is 6.13. The second kappa shape index (κ2) is 7.08. The predicted molar refractivity (Wildman–Crippen MR) is 70.3 cm³/mol. The molecule has 0 aromatic heterocycles. The fourth-order valence-corrected chi connectivity index (χ4v) is 1.84. The maximum absolute atomic E-state index is 10.9. The standard InChI is InChI=1S/C13H20N2O3/c1-11(2)14(8-5-9-16)10-12-6-3-4-7-13(12)15(17)18/h3-4,6-7,11,16H,5,8-10H2,1-2H3. The lowest BCUT2D eigenvalue weighted by molar-refractivity contribution is -0.385. The third kappa shape index (κ3) is 4.09. The Kier molecular flexibility index (Phi) is 5.74. The van der Waals surface area contributed by atoms with Gasteiger partial charge in [-0.1, -0.05) is 18.2 Å². The van der Waals surface area contributed by atoms with Crippen molar-refractivity contribution in [3.63, 3.8) is 0 Å². The third-order valence-electron chi connectivity index (χ3n) is 2.90. The molecule has 18 heavy (non-hydrogen) atoms. The Balaban J connectivity index is 2.83. The first-order valence-corrected chi connectivity index (χ1v) is 6.13. The Morgan fingerprint density at radius 2 is 2.06 bits per heavy atom. The molecule has 1 N–H and O–H groups in total. The van der Waals surface area contributed by atoms with E-state index in [-0.39, 0.29) is 23.3 Å². The van der Waals surface area contributed by atoms with Crippen LogP contribution < -0.4 is 0 Å². The monoisotopic (exact) mass is 252 g/mol. The highest BCUT2D eigenvalue weighted by molar-refractivity contribution is 5.39. The second-order valence-electron chi connectivity index (χ2n) is 4.53. The predicted octanol–water partition coefficient (Wildman–Crippen LogP) is 2.19. The molecule has 0 saturated carbocycles. The summed E-state index contributed by atoms with van der Waals surface area (Å²) < 4.78 is 0.